The van der Waals surface area contributed by atoms with Gasteiger partial charge in [-0.25, -0.2) is 14.4 Å². The van der Waals surface area contributed by atoms with E-state index in [1.807, 2.05) is 0 Å². The van der Waals surface area contributed by atoms with Gasteiger partial charge in [-0.05, 0) is 52.3 Å². The number of rotatable bonds is 6. The maximum Gasteiger partial charge on any atom is 0.355 e. The van der Waals surface area contributed by atoms with Crippen LogP contribution in [0.5, 0.6) is 0 Å². The van der Waals surface area contributed by atoms with Gasteiger partial charge in [-0.2, -0.15) is 0 Å². The minimum Gasteiger partial charge on any atom is -0.334 e. The van der Waals surface area contributed by atoms with E-state index in [9.17, 15) is 19.3 Å². The first-order chi connectivity index (χ1) is 13.5. The molecule has 0 saturated carbocycles. The fourth-order valence-electron chi connectivity index (χ4n) is 2.23. The van der Waals surface area contributed by atoms with Crippen molar-refractivity contribution in [3.63, 3.8) is 0 Å². The molecule has 0 bridgehead atoms. The lowest BCUT2D eigenvalue weighted by Gasteiger charge is -2.11. The summed E-state index contributed by atoms with van der Waals surface area (Å²) >= 11 is 3.26. The second-order valence-electron chi connectivity index (χ2n) is 5.37. The van der Waals surface area contributed by atoms with Gasteiger partial charge >= 0.3 is 5.69 Å². The molecule has 1 aromatic heterocycles. The summed E-state index contributed by atoms with van der Waals surface area (Å²) in [4.78, 5) is 30.8. The fourth-order valence-corrected chi connectivity index (χ4v) is 2.70. The van der Waals surface area contributed by atoms with Crippen molar-refractivity contribution in [2.45, 2.75) is 0 Å². The quantitative estimate of drug-likeness (QED) is 0.388. The molecule has 0 unspecified atom stereocenters. The average Bonchev–Trinajstić information content (AvgIpc) is 2.68. The molecule has 1 amide bonds. The number of nitrogens with zero attached hydrogens (tertiary/aromatic N) is 3. The van der Waals surface area contributed by atoms with Gasteiger partial charge < -0.3 is 5.32 Å². The van der Waals surface area contributed by atoms with Gasteiger partial charge in [0.25, 0.3) is 5.91 Å². The Balaban J connectivity index is 1.83. The summed E-state index contributed by atoms with van der Waals surface area (Å²) in [5.74, 6) is -1.30. The molecule has 2 aromatic carbocycles. The molecule has 11 heteroatoms. The van der Waals surface area contributed by atoms with Gasteiger partial charge in [-0.3, -0.25) is 25.8 Å². The largest absolute Gasteiger partial charge is 0.355 e. The van der Waals surface area contributed by atoms with Crippen molar-refractivity contribution in [3.8, 4) is 0 Å². The van der Waals surface area contributed by atoms with Crippen LogP contribution in [0.2, 0.25) is 0 Å². The van der Waals surface area contributed by atoms with Crippen molar-refractivity contribution in [2.75, 3.05) is 10.7 Å². The molecule has 1 heterocycles. The Morgan fingerprint density at radius 2 is 1.75 bits per heavy atom. The lowest BCUT2D eigenvalue weighted by Crippen LogP contribution is -2.30. The summed E-state index contributed by atoms with van der Waals surface area (Å²) in [5.41, 5.74) is 5.04. The Kier molecular flexibility index (Phi) is 5.75. The van der Waals surface area contributed by atoms with Crippen LogP contribution in [-0.4, -0.2) is 20.8 Å². The Morgan fingerprint density at radius 3 is 2.43 bits per heavy atom. The third-order valence-corrected chi connectivity index (χ3v) is 4.22. The van der Waals surface area contributed by atoms with Crippen LogP contribution < -0.4 is 16.2 Å². The van der Waals surface area contributed by atoms with Crippen molar-refractivity contribution < 1.29 is 14.1 Å². The van der Waals surface area contributed by atoms with Crippen LogP contribution >= 0.6 is 15.9 Å². The summed E-state index contributed by atoms with van der Waals surface area (Å²) in [6.07, 6.45) is 1.09. The number of halogens is 2. The fraction of sp³-hybridized carbons (Fsp3) is 0. The van der Waals surface area contributed by atoms with E-state index >= 15 is 0 Å². The molecule has 0 aliphatic heterocycles. The highest BCUT2D eigenvalue weighted by molar-refractivity contribution is 9.10. The molecule has 3 N–H and O–H groups in total. The number of nitrogens with one attached hydrogen (secondary N) is 3. The number of anilines is 3. The van der Waals surface area contributed by atoms with Crippen molar-refractivity contribution in [2.24, 2.45) is 0 Å². The molecule has 142 valence electrons. The summed E-state index contributed by atoms with van der Waals surface area (Å²) < 4.78 is 13.6. The molecule has 0 fully saturated rings. The molecule has 0 saturated heterocycles. The summed E-state index contributed by atoms with van der Waals surface area (Å²) in [6, 6.07) is 11.9. The van der Waals surface area contributed by atoms with Crippen LogP contribution in [0, 0.1) is 15.9 Å². The molecule has 9 nitrogen and oxygen atoms in total. The minimum atomic E-state index is -0.696. The summed E-state index contributed by atoms with van der Waals surface area (Å²) in [7, 11) is 0. The highest BCUT2D eigenvalue weighted by Crippen LogP contribution is 2.30. The average molecular weight is 447 g/mol. The van der Waals surface area contributed by atoms with Gasteiger partial charge in [-0.1, -0.05) is 12.1 Å². The highest BCUT2D eigenvalue weighted by Gasteiger charge is 2.24. The molecular weight excluding hydrogens is 435 g/mol. The van der Waals surface area contributed by atoms with Crippen molar-refractivity contribution in [3.05, 3.63) is 80.8 Å². The van der Waals surface area contributed by atoms with E-state index in [-0.39, 0.29) is 11.6 Å². The molecular formula is C17H12BrFN6O3. The first kappa shape index (κ1) is 19.2. The third kappa shape index (κ3) is 4.38. The number of nitro groups is 1. The minimum absolute atomic E-state index is 0.121. The van der Waals surface area contributed by atoms with Gasteiger partial charge in [0.1, 0.15) is 12.1 Å². The van der Waals surface area contributed by atoms with E-state index in [0.717, 1.165) is 6.33 Å². The van der Waals surface area contributed by atoms with E-state index in [0.29, 0.717) is 15.7 Å². The lowest BCUT2D eigenvalue weighted by atomic mass is 10.2. The zero-order valence-corrected chi connectivity index (χ0v) is 15.6. The molecule has 3 aromatic rings. The summed E-state index contributed by atoms with van der Waals surface area (Å²) in [5, 5.41) is 14.3. The molecule has 28 heavy (non-hydrogen) atoms. The van der Waals surface area contributed by atoms with Crippen LogP contribution in [0.3, 0.4) is 0 Å². The molecule has 3 rings (SSSR count). The number of hydrogen-bond donors (Lipinski definition) is 3. The number of aromatic nitrogens is 2. The first-order valence-electron chi connectivity index (χ1n) is 7.78. The molecule has 0 spiro atoms. The monoisotopic (exact) mass is 446 g/mol. The standard InChI is InChI=1S/C17H12BrFN6O3/c18-13-4-2-1-3-12(13)17(26)24-23-16-14(25(27)28)15(20-9-21-16)22-11-7-5-10(19)6-8-11/h1-9H,(H,24,26)(H2,20,21,22,23). The van der Waals surface area contributed by atoms with Gasteiger partial charge in [-0.15, -0.1) is 0 Å². The van der Waals surface area contributed by atoms with Crippen molar-refractivity contribution in [1.82, 2.24) is 15.4 Å². The number of carbonyl (C=O) groups is 1. The van der Waals surface area contributed by atoms with Crippen LogP contribution in [0.1, 0.15) is 10.4 Å². The van der Waals surface area contributed by atoms with Gasteiger partial charge in [0.2, 0.25) is 11.6 Å². The van der Waals surface area contributed by atoms with Crippen LogP contribution in [0.15, 0.2) is 59.3 Å². The van der Waals surface area contributed by atoms with Gasteiger partial charge in [0.15, 0.2) is 0 Å². The zero-order valence-electron chi connectivity index (χ0n) is 14.0. The highest BCUT2D eigenvalue weighted by atomic mass is 79.9. The summed E-state index contributed by atoms with van der Waals surface area (Å²) in [6.45, 7) is 0. The van der Waals surface area contributed by atoms with E-state index in [2.05, 4.69) is 42.1 Å². The predicted octanol–water partition coefficient (Wildman–Crippen LogP) is 3.79. The van der Waals surface area contributed by atoms with Crippen molar-refractivity contribution in [1.29, 1.82) is 0 Å². The number of hydrogen-bond acceptors (Lipinski definition) is 7. The smallest absolute Gasteiger partial charge is 0.334 e. The zero-order chi connectivity index (χ0) is 20.1. The van der Waals surface area contributed by atoms with Gasteiger partial charge in [0.05, 0.1) is 10.5 Å². The maximum atomic E-state index is 13.0. The second kappa shape index (κ2) is 8.39. The molecule has 0 aliphatic rings. The number of benzene rings is 2. The van der Waals surface area contributed by atoms with E-state index in [1.165, 1.54) is 24.3 Å². The first-order valence-corrected chi connectivity index (χ1v) is 8.58. The van der Waals surface area contributed by atoms with E-state index < -0.39 is 22.3 Å². The van der Waals surface area contributed by atoms with Crippen LogP contribution in [0.4, 0.5) is 27.4 Å². The molecule has 0 radical (unpaired) electrons. The van der Waals surface area contributed by atoms with Crippen molar-refractivity contribution >= 4 is 44.8 Å². The Labute approximate surface area is 166 Å². The third-order valence-electron chi connectivity index (χ3n) is 3.52. The number of carbonyl (C=O) groups excluding carboxylic acids is 1. The van der Waals surface area contributed by atoms with E-state index in [4.69, 9.17) is 0 Å². The SMILES string of the molecule is O=C(NNc1ncnc(Nc2ccc(F)cc2)c1[N+](=O)[O-])c1ccccc1Br. The molecule has 0 atom stereocenters. The maximum absolute atomic E-state index is 13.0. The van der Waals surface area contributed by atoms with Crippen LogP contribution in [0.25, 0.3) is 0 Å². The Hall–Kier alpha value is -3.60. The number of amides is 1. The predicted molar refractivity (Wildman–Crippen MR) is 104 cm³/mol. The Morgan fingerprint density at radius 1 is 1.07 bits per heavy atom. The Bertz CT molecular complexity index is 1030. The van der Waals surface area contributed by atoms with Gasteiger partial charge in [0, 0.05) is 10.2 Å². The second-order valence-corrected chi connectivity index (χ2v) is 6.22. The lowest BCUT2D eigenvalue weighted by molar-refractivity contribution is -0.383. The molecule has 0 aliphatic carbocycles. The normalized spacial score (nSPS) is 10.2. The van der Waals surface area contributed by atoms with Crippen LogP contribution in [-0.2, 0) is 0 Å². The van der Waals surface area contributed by atoms with E-state index in [1.54, 1.807) is 24.3 Å². The topological polar surface area (TPSA) is 122 Å². The number of hydrazine groups is 1.